The molecule has 0 aliphatic rings. The van der Waals surface area contributed by atoms with Crippen LogP contribution in [0.2, 0.25) is 0 Å². The van der Waals surface area contributed by atoms with Gasteiger partial charge in [0.2, 0.25) is 0 Å². The van der Waals surface area contributed by atoms with Crippen molar-refractivity contribution in [2.24, 2.45) is 0 Å². The third-order valence-electron chi connectivity index (χ3n) is 1.60. The second kappa shape index (κ2) is 5.55. The van der Waals surface area contributed by atoms with Crippen LogP contribution in [0.3, 0.4) is 0 Å². The fourth-order valence-corrected chi connectivity index (χ4v) is 2.17. The van der Waals surface area contributed by atoms with Gasteiger partial charge in [-0.05, 0) is 40.7 Å². The lowest BCUT2D eigenvalue weighted by molar-refractivity contribution is 0.308. The molecule has 72 valence electrons. The van der Waals surface area contributed by atoms with Gasteiger partial charge < -0.3 is 4.74 Å². The number of hydrogen-bond donors (Lipinski definition) is 0. The summed E-state index contributed by atoms with van der Waals surface area (Å²) in [6, 6.07) is 6.10. The smallest absolute Gasteiger partial charge is 0.146 e. The summed E-state index contributed by atoms with van der Waals surface area (Å²) >= 11 is 5.18. The van der Waals surface area contributed by atoms with E-state index in [0.29, 0.717) is 0 Å². The highest BCUT2D eigenvalue weighted by molar-refractivity contribution is 9.10. The zero-order chi connectivity index (χ0) is 9.68. The molecule has 0 saturated carbocycles. The van der Waals surface area contributed by atoms with Crippen LogP contribution in [-0.4, -0.2) is 12.9 Å². The molecule has 1 aromatic rings. The molecule has 0 saturated heterocycles. The molecule has 0 fully saturated rings. The zero-order valence-corrected chi connectivity index (χ0v) is 10.2. The Bertz CT molecular complexity index is 276. The molecule has 1 rings (SSSR count). The van der Waals surface area contributed by atoms with Crippen molar-refractivity contribution in [2.75, 3.05) is 12.9 Å². The average molecular weight is 261 g/mol. The SMILES string of the molecule is CCCOc1c(Br)cccc1SC. The number of benzene rings is 1. The molecule has 0 spiro atoms. The topological polar surface area (TPSA) is 9.23 Å². The first-order valence-corrected chi connectivity index (χ1v) is 6.26. The van der Waals surface area contributed by atoms with Gasteiger partial charge in [-0.25, -0.2) is 0 Å². The van der Waals surface area contributed by atoms with Crippen LogP contribution >= 0.6 is 27.7 Å². The van der Waals surface area contributed by atoms with Crippen LogP contribution in [0, 0.1) is 0 Å². The van der Waals surface area contributed by atoms with Gasteiger partial charge in [-0.3, -0.25) is 0 Å². The van der Waals surface area contributed by atoms with E-state index in [-0.39, 0.29) is 0 Å². The molecule has 3 heteroatoms. The summed E-state index contributed by atoms with van der Waals surface area (Å²) < 4.78 is 6.68. The third kappa shape index (κ3) is 2.92. The maximum Gasteiger partial charge on any atom is 0.146 e. The normalized spacial score (nSPS) is 10.1. The quantitative estimate of drug-likeness (QED) is 0.759. The van der Waals surface area contributed by atoms with Gasteiger partial charge in [0.25, 0.3) is 0 Å². The van der Waals surface area contributed by atoms with Crippen molar-refractivity contribution in [3.05, 3.63) is 22.7 Å². The molecule has 0 unspecified atom stereocenters. The molecule has 0 aliphatic carbocycles. The summed E-state index contributed by atoms with van der Waals surface area (Å²) in [7, 11) is 0. The van der Waals surface area contributed by atoms with E-state index < -0.39 is 0 Å². The van der Waals surface area contributed by atoms with Gasteiger partial charge in [0, 0.05) is 0 Å². The van der Waals surface area contributed by atoms with Crippen molar-refractivity contribution in [3.8, 4) is 5.75 Å². The first-order valence-electron chi connectivity index (χ1n) is 4.25. The van der Waals surface area contributed by atoms with Crippen LogP contribution in [0.15, 0.2) is 27.6 Å². The van der Waals surface area contributed by atoms with Gasteiger partial charge in [-0.2, -0.15) is 0 Å². The summed E-state index contributed by atoms with van der Waals surface area (Å²) in [5.74, 6) is 0.969. The standard InChI is InChI=1S/C10H13BrOS/c1-3-7-12-10-8(11)5-4-6-9(10)13-2/h4-6H,3,7H2,1-2H3. The number of halogens is 1. The van der Waals surface area contributed by atoms with E-state index in [1.807, 2.05) is 12.1 Å². The van der Waals surface area contributed by atoms with Crippen molar-refractivity contribution in [2.45, 2.75) is 18.2 Å². The third-order valence-corrected chi connectivity index (χ3v) is 2.99. The molecule has 0 heterocycles. The van der Waals surface area contributed by atoms with Crippen molar-refractivity contribution < 1.29 is 4.74 Å². The molecule has 0 atom stereocenters. The summed E-state index contributed by atoms with van der Waals surface area (Å²) in [4.78, 5) is 1.18. The Hall–Kier alpha value is -0.150. The molecule has 1 nitrogen and oxygen atoms in total. The van der Waals surface area contributed by atoms with Crippen LogP contribution in [0.4, 0.5) is 0 Å². The molecule has 0 aliphatic heterocycles. The molecular formula is C10H13BrOS. The second-order valence-corrected chi connectivity index (χ2v) is 4.32. The lowest BCUT2D eigenvalue weighted by atomic mass is 10.3. The maximum atomic E-state index is 5.64. The lowest BCUT2D eigenvalue weighted by Crippen LogP contribution is -1.96. The van der Waals surface area contributed by atoms with Crippen LogP contribution in [0.25, 0.3) is 0 Å². The van der Waals surface area contributed by atoms with Crippen molar-refractivity contribution in [1.29, 1.82) is 0 Å². The largest absolute Gasteiger partial charge is 0.491 e. The molecule has 0 bridgehead atoms. The van der Waals surface area contributed by atoms with Crippen molar-refractivity contribution in [1.82, 2.24) is 0 Å². The minimum absolute atomic E-state index is 0.774. The molecule has 13 heavy (non-hydrogen) atoms. The Balaban J connectivity index is 2.87. The highest BCUT2D eigenvalue weighted by Gasteiger charge is 2.05. The first kappa shape index (κ1) is 10.9. The van der Waals surface area contributed by atoms with Crippen LogP contribution in [0.1, 0.15) is 13.3 Å². The van der Waals surface area contributed by atoms with E-state index in [4.69, 9.17) is 4.74 Å². The fourth-order valence-electron chi connectivity index (χ4n) is 0.994. The molecule has 0 aromatic heterocycles. The Labute approximate surface area is 92.0 Å². The highest BCUT2D eigenvalue weighted by Crippen LogP contribution is 2.34. The van der Waals surface area contributed by atoms with E-state index in [1.54, 1.807) is 11.8 Å². The molecular weight excluding hydrogens is 248 g/mol. The number of ether oxygens (including phenoxy) is 1. The van der Waals surface area contributed by atoms with Gasteiger partial charge in [0.1, 0.15) is 5.75 Å². The predicted octanol–water partition coefficient (Wildman–Crippen LogP) is 3.96. The van der Waals surface area contributed by atoms with E-state index in [0.717, 1.165) is 23.2 Å². The minimum Gasteiger partial charge on any atom is -0.491 e. The Kier molecular flexibility index (Phi) is 4.67. The summed E-state index contributed by atoms with van der Waals surface area (Å²) in [6.45, 7) is 2.88. The maximum absolute atomic E-state index is 5.64. The molecule has 0 amide bonds. The Morgan fingerprint density at radius 1 is 1.46 bits per heavy atom. The fraction of sp³-hybridized carbons (Fsp3) is 0.400. The van der Waals surface area contributed by atoms with Gasteiger partial charge in [-0.1, -0.05) is 13.0 Å². The molecule has 0 N–H and O–H groups in total. The number of thioether (sulfide) groups is 1. The van der Waals surface area contributed by atoms with Crippen LogP contribution < -0.4 is 4.74 Å². The summed E-state index contributed by atoms with van der Waals surface area (Å²) in [5, 5.41) is 0. The Morgan fingerprint density at radius 3 is 2.85 bits per heavy atom. The van der Waals surface area contributed by atoms with Crippen LogP contribution in [-0.2, 0) is 0 Å². The number of para-hydroxylation sites is 1. The lowest BCUT2D eigenvalue weighted by Gasteiger charge is -2.10. The molecule has 1 aromatic carbocycles. The zero-order valence-electron chi connectivity index (χ0n) is 7.84. The monoisotopic (exact) mass is 260 g/mol. The first-order chi connectivity index (χ1) is 6.29. The average Bonchev–Trinajstić information content (AvgIpc) is 2.15. The van der Waals surface area contributed by atoms with Gasteiger partial charge in [0.15, 0.2) is 0 Å². The summed E-state index contributed by atoms with van der Waals surface area (Å²) in [6.07, 6.45) is 3.09. The van der Waals surface area contributed by atoms with E-state index in [9.17, 15) is 0 Å². The highest BCUT2D eigenvalue weighted by atomic mass is 79.9. The number of hydrogen-bond acceptors (Lipinski definition) is 2. The van der Waals surface area contributed by atoms with Crippen molar-refractivity contribution >= 4 is 27.7 Å². The van der Waals surface area contributed by atoms with Crippen LogP contribution in [0.5, 0.6) is 5.75 Å². The number of rotatable bonds is 4. The van der Waals surface area contributed by atoms with Gasteiger partial charge >= 0.3 is 0 Å². The minimum atomic E-state index is 0.774. The molecule has 0 radical (unpaired) electrons. The Morgan fingerprint density at radius 2 is 2.23 bits per heavy atom. The summed E-state index contributed by atoms with van der Waals surface area (Å²) in [5.41, 5.74) is 0. The van der Waals surface area contributed by atoms with Crippen molar-refractivity contribution in [3.63, 3.8) is 0 Å². The van der Waals surface area contributed by atoms with E-state index in [1.165, 1.54) is 4.90 Å². The predicted molar refractivity (Wildman–Crippen MR) is 61.7 cm³/mol. The van der Waals surface area contributed by atoms with Gasteiger partial charge in [0.05, 0.1) is 16.0 Å². The van der Waals surface area contributed by atoms with Gasteiger partial charge in [-0.15, -0.1) is 11.8 Å². The van der Waals surface area contributed by atoms with E-state index in [2.05, 4.69) is 35.2 Å². The van der Waals surface area contributed by atoms with E-state index >= 15 is 0 Å². The second-order valence-electron chi connectivity index (χ2n) is 2.62.